The summed E-state index contributed by atoms with van der Waals surface area (Å²) in [4.78, 5) is 0. The molecule has 0 rings (SSSR count). The molecule has 0 bridgehead atoms. The quantitative estimate of drug-likeness (QED) is 0.317. The first kappa shape index (κ1) is 15.3. The van der Waals surface area contributed by atoms with Gasteiger partial charge < -0.3 is 0 Å². The van der Waals surface area contributed by atoms with Crippen LogP contribution in [0.4, 0.5) is 0 Å². The Kier molecular flexibility index (Phi) is 20.9. The lowest BCUT2D eigenvalue weighted by Gasteiger charge is -1.96. The van der Waals surface area contributed by atoms with E-state index in [1.165, 1.54) is 44.9 Å². The van der Waals surface area contributed by atoms with Gasteiger partial charge in [0.05, 0.1) is 0 Å². The fourth-order valence-electron chi connectivity index (χ4n) is 1.03. The Morgan fingerprint density at radius 1 is 0.923 bits per heavy atom. The molecule has 0 aliphatic rings. The van der Waals surface area contributed by atoms with Crippen LogP contribution in [0.15, 0.2) is 12.7 Å². The van der Waals surface area contributed by atoms with E-state index in [1.54, 1.807) is 0 Å². The fraction of sp³-hybridized carbons (Fsp3) is 0.833. The summed E-state index contributed by atoms with van der Waals surface area (Å²) in [6.45, 7) is 8.01. The van der Waals surface area contributed by atoms with Crippen molar-refractivity contribution in [2.24, 2.45) is 0 Å². The fourth-order valence-corrected chi connectivity index (χ4v) is 1.03. The van der Waals surface area contributed by atoms with Gasteiger partial charge in [-0.15, -0.1) is 6.58 Å². The molecule has 0 aliphatic heterocycles. The summed E-state index contributed by atoms with van der Waals surface area (Å²) in [6, 6.07) is 0. The summed E-state index contributed by atoms with van der Waals surface area (Å²) in [5, 5.41) is 0. The minimum atomic E-state index is 1.08. The van der Waals surface area contributed by atoms with Gasteiger partial charge in [-0.1, -0.05) is 71.2 Å². The average molecular weight is 182 g/mol. The number of hydrogen-bond acceptors (Lipinski definition) is 0. The van der Waals surface area contributed by atoms with E-state index in [1.807, 2.05) is 6.08 Å². The van der Waals surface area contributed by atoms with Gasteiger partial charge in [-0.25, -0.2) is 0 Å². The van der Waals surface area contributed by atoms with E-state index in [0.717, 1.165) is 6.32 Å². The average Bonchev–Trinajstić information content (AvgIpc) is 2.18. The number of rotatable bonds is 7. The number of allylic oxidation sites excluding steroid dienone is 1. The van der Waals surface area contributed by atoms with Crippen LogP contribution < -0.4 is 0 Å². The predicted octanol–water partition coefficient (Wildman–Crippen LogP) is 3.98. The number of unbranched alkanes of at least 4 members (excludes halogenated alkanes) is 6. The molecule has 1 heteroatoms. The van der Waals surface area contributed by atoms with Crippen molar-refractivity contribution in [3.63, 3.8) is 0 Å². The molecule has 13 heavy (non-hydrogen) atoms. The minimum absolute atomic E-state index is 1.08. The maximum absolute atomic E-state index is 3.48. The predicted molar refractivity (Wildman–Crippen MR) is 67.2 cm³/mol. The van der Waals surface area contributed by atoms with Gasteiger partial charge in [0.2, 0.25) is 0 Å². The topological polar surface area (TPSA) is 0 Å². The molecule has 0 saturated carbocycles. The zero-order chi connectivity index (χ0) is 10.4. The first-order valence-corrected chi connectivity index (χ1v) is 5.94. The van der Waals surface area contributed by atoms with E-state index < -0.39 is 0 Å². The van der Waals surface area contributed by atoms with Gasteiger partial charge in [0, 0.05) is 0 Å². The van der Waals surface area contributed by atoms with Crippen molar-refractivity contribution in [3.8, 4) is 0 Å². The van der Waals surface area contributed by atoms with Gasteiger partial charge in [0.15, 0.2) is 0 Å². The molecular weight excluding hydrogens is 155 g/mol. The summed E-state index contributed by atoms with van der Waals surface area (Å²) in [7, 11) is 2.06. The van der Waals surface area contributed by atoms with Crippen LogP contribution >= 0.6 is 0 Å². The molecule has 0 heterocycles. The van der Waals surface area contributed by atoms with E-state index in [9.17, 15) is 0 Å². The second-order valence-electron chi connectivity index (χ2n) is 3.46. The van der Waals surface area contributed by atoms with E-state index in [2.05, 4.69) is 28.3 Å². The van der Waals surface area contributed by atoms with Crippen LogP contribution in [0.25, 0.3) is 0 Å². The smallest absolute Gasteiger partial charge is 0.104 e. The van der Waals surface area contributed by atoms with Crippen molar-refractivity contribution in [3.05, 3.63) is 12.7 Å². The van der Waals surface area contributed by atoms with Crippen LogP contribution in [0.1, 0.15) is 58.8 Å². The van der Waals surface area contributed by atoms with Gasteiger partial charge in [-0.3, -0.25) is 0 Å². The van der Waals surface area contributed by atoms with Crippen molar-refractivity contribution >= 4 is 7.85 Å². The van der Waals surface area contributed by atoms with Gasteiger partial charge in [0.1, 0.15) is 7.85 Å². The van der Waals surface area contributed by atoms with E-state index in [4.69, 9.17) is 0 Å². The van der Waals surface area contributed by atoms with Crippen LogP contribution in [0.5, 0.6) is 0 Å². The molecular formula is C12H27B. The molecule has 0 N–H and O–H groups in total. The zero-order valence-electron chi connectivity index (χ0n) is 9.94. The maximum Gasteiger partial charge on any atom is 0.106 e. The summed E-state index contributed by atoms with van der Waals surface area (Å²) in [5.41, 5.74) is 0. The Morgan fingerprint density at radius 3 is 1.46 bits per heavy atom. The van der Waals surface area contributed by atoms with Crippen molar-refractivity contribution < 1.29 is 0 Å². The molecule has 78 valence electrons. The van der Waals surface area contributed by atoms with Crippen LogP contribution in [0.2, 0.25) is 6.32 Å². The second-order valence-corrected chi connectivity index (χ2v) is 3.46. The van der Waals surface area contributed by atoms with Crippen LogP contribution in [0.3, 0.4) is 0 Å². The Hall–Kier alpha value is -0.195. The van der Waals surface area contributed by atoms with Crippen LogP contribution in [-0.4, -0.2) is 7.85 Å². The molecule has 0 spiro atoms. The SMILES string of the molecule is BCC=C.CCCCCCCCC. The van der Waals surface area contributed by atoms with Crippen LogP contribution in [0, 0.1) is 0 Å². The molecule has 0 fully saturated rings. The van der Waals surface area contributed by atoms with Crippen molar-refractivity contribution in [1.29, 1.82) is 0 Å². The molecule has 0 nitrogen and oxygen atoms in total. The van der Waals surface area contributed by atoms with Crippen molar-refractivity contribution in [2.45, 2.75) is 65.1 Å². The maximum atomic E-state index is 3.48. The molecule has 0 unspecified atom stereocenters. The summed E-state index contributed by atoms with van der Waals surface area (Å²) < 4.78 is 0. The first-order chi connectivity index (χ1) is 6.33. The lowest BCUT2D eigenvalue weighted by Crippen LogP contribution is -1.76. The third-order valence-electron chi connectivity index (χ3n) is 2.00. The molecule has 0 aromatic heterocycles. The number of hydrogen-bond donors (Lipinski definition) is 0. The standard InChI is InChI=1S/C9H20.C3H7B/c1-3-5-7-9-8-6-4-2;1-2-3-4/h3-9H2,1-2H3;2H,1,3-4H2. The Balaban J connectivity index is 0. The first-order valence-electron chi connectivity index (χ1n) is 5.94. The third kappa shape index (κ3) is 24.5. The molecule has 0 aromatic carbocycles. The monoisotopic (exact) mass is 182 g/mol. The van der Waals surface area contributed by atoms with E-state index >= 15 is 0 Å². The van der Waals surface area contributed by atoms with Crippen LogP contribution in [-0.2, 0) is 0 Å². The van der Waals surface area contributed by atoms with Gasteiger partial charge >= 0.3 is 0 Å². The summed E-state index contributed by atoms with van der Waals surface area (Å²) in [5.74, 6) is 0. The second kappa shape index (κ2) is 17.8. The minimum Gasteiger partial charge on any atom is -0.104 e. The highest BCUT2D eigenvalue weighted by Gasteiger charge is 1.85. The highest BCUT2D eigenvalue weighted by atomic mass is 13.9. The molecule has 0 radical (unpaired) electrons. The Morgan fingerprint density at radius 2 is 1.23 bits per heavy atom. The lowest BCUT2D eigenvalue weighted by molar-refractivity contribution is 0.602. The van der Waals surface area contributed by atoms with E-state index in [0.29, 0.717) is 0 Å². The van der Waals surface area contributed by atoms with Crippen molar-refractivity contribution in [1.82, 2.24) is 0 Å². The normalized spacial score (nSPS) is 8.77. The molecule has 0 aliphatic carbocycles. The Labute approximate surface area is 86.2 Å². The van der Waals surface area contributed by atoms with E-state index in [-0.39, 0.29) is 0 Å². The van der Waals surface area contributed by atoms with Gasteiger partial charge in [0.25, 0.3) is 0 Å². The lowest BCUT2D eigenvalue weighted by atomic mass is 10.1. The molecule has 0 amide bonds. The third-order valence-corrected chi connectivity index (χ3v) is 2.00. The van der Waals surface area contributed by atoms with Crippen molar-refractivity contribution in [2.75, 3.05) is 0 Å². The summed E-state index contributed by atoms with van der Waals surface area (Å²) >= 11 is 0. The van der Waals surface area contributed by atoms with Gasteiger partial charge in [-0.2, -0.15) is 0 Å². The largest absolute Gasteiger partial charge is 0.106 e. The van der Waals surface area contributed by atoms with Gasteiger partial charge in [-0.05, 0) is 0 Å². The highest BCUT2D eigenvalue weighted by molar-refractivity contribution is 6.09. The Bertz CT molecular complexity index is 73.2. The molecule has 0 atom stereocenters. The molecule has 0 aromatic rings. The molecule has 0 saturated heterocycles. The summed E-state index contributed by atoms with van der Waals surface area (Å²) in [6.07, 6.45) is 12.9. The zero-order valence-corrected chi connectivity index (χ0v) is 9.94. The highest BCUT2D eigenvalue weighted by Crippen LogP contribution is 2.05.